The molecule has 0 aromatic carbocycles. The Labute approximate surface area is 58.5 Å². The van der Waals surface area contributed by atoms with Gasteiger partial charge in [-0.15, -0.1) is 0 Å². The second-order valence-electron chi connectivity index (χ2n) is 2.17. The first-order chi connectivity index (χ1) is 4.43. The van der Waals surface area contributed by atoms with Crippen LogP contribution in [-0.4, -0.2) is 23.2 Å². The van der Waals surface area contributed by atoms with E-state index in [-0.39, 0.29) is 6.29 Å². The normalized spacial score (nSPS) is 29.7. The molecule has 1 fully saturated rings. The lowest BCUT2D eigenvalue weighted by molar-refractivity contribution is -0.0549. The van der Waals surface area contributed by atoms with Crippen LogP contribution in [0.25, 0.3) is 0 Å². The molecule has 0 aromatic heterocycles. The molecule has 2 radical (unpaired) electrons. The van der Waals surface area contributed by atoms with Crippen LogP contribution < -0.4 is 0 Å². The van der Waals surface area contributed by atoms with Gasteiger partial charge in [-0.3, -0.25) is 0 Å². The van der Waals surface area contributed by atoms with E-state index in [4.69, 9.17) is 9.16 Å². The predicted molar refractivity (Wildman–Crippen MR) is 36.3 cm³/mol. The molecule has 0 N–H and O–H groups in total. The van der Waals surface area contributed by atoms with E-state index in [0.717, 1.165) is 6.42 Å². The fraction of sp³-hybridized carbons (Fsp3) is 1.00. The summed E-state index contributed by atoms with van der Waals surface area (Å²) < 4.78 is 10.4. The Balaban J connectivity index is 2.18. The highest BCUT2D eigenvalue weighted by molar-refractivity contribution is 6.27. The van der Waals surface area contributed by atoms with Gasteiger partial charge in [-0.25, -0.2) is 0 Å². The molecule has 2 nitrogen and oxygen atoms in total. The molecule has 52 valence electrons. The number of hydrogen-bond donors (Lipinski definition) is 0. The molecule has 0 spiro atoms. The fourth-order valence-corrected chi connectivity index (χ4v) is 1.80. The third kappa shape index (κ3) is 2.47. The van der Waals surface area contributed by atoms with E-state index in [1.165, 1.54) is 18.9 Å². The van der Waals surface area contributed by atoms with Gasteiger partial charge in [0.05, 0.1) is 0 Å². The van der Waals surface area contributed by atoms with E-state index in [1.807, 2.05) is 0 Å². The molecule has 9 heavy (non-hydrogen) atoms. The molecular formula is C6H12O2Si. The van der Waals surface area contributed by atoms with Crippen molar-refractivity contribution < 1.29 is 9.16 Å². The van der Waals surface area contributed by atoms with Crippen molar-refractivity contribution >= 4 is 9.76 Å². The zero-order chi connectivity index (χ0) is 6.53. The van der Waals surface area contributed by atoms with Crippen LogP contribution in [-0.2, 0) is 9.16 Å². The van der Waals surface area contributed by atoms with Gasteiger partial charge in [0.15, 0.2) is 0 Å². The summed E-state index contributed by atoms with van der Waals surface area (Å²) in [5.74, 6) is 0. The molecule has 1 rings (SSSR count). The van der Waals surface area contributed by atoms with E-state index in [0.29, 0.717) is 9.76 Å². The molecule has 1 atom stereocenters. The van der Waals surface area contributed by atoms with Crippen LogP contribution in [0.3, 0.4) is 0 Å². The van der Waals surface area contributed by atoms with Gasteiger partial charge in [0.1, 0.15) is 6.29 Å². The zero-order valence-corrected chi connectivity index (χ0v) is 6.72. The smallest absolute Gasteiger partial charge is 0.233 e. The summed E-state index contributed by atoms with van der Waals surface area (Å²) in [4.78, 5) is 0. The van der Waals surface area contributed by atoms with Gasteiger partial charge in [-0.05, 0) is 18.9 Å². The summed E-state index contributed by atoms with van der Waals surface area (Å²) in [6.07, 6.45) is 3.72. The second-order valence-corrected chi connectivity index (χ2v) is 3.20. The van der Waals surface area contributed by atoms with Crippen molar-refractivity contribution in [2.24, 2.45) is 0 Å². The molecule has 1 unspecified atom stereocenters. The molecule has 0 aliphatic carbocycles. The largest absolute Gasteiger partial charge is 0.393 e. The minimum atomic E-state index is 0.0887. The maximum absolute atomic E-state index is 5.36. The summed E-state index contributed by atoms with van der Waals surface area (Å²) in [6, 6.07) is 1.22. The molecule has 0 amide bonds. The minimum absolute atomic E-state index is 0.0887. The molecule has 0 aromatic rings. The highest BCUT2D eigenvalue weighted by atomic mass is 28.2. The summed E-state index contributed by atoms with van der Waals surface area (Å²) >= 11 is 0. The molecule has 1 aliphatic heterocycles. The maximum Gasteiger partial charge on any atom is 0.233 e. The third-order valence-corrected chi connectivity index (χ3v) is 2.43. The Kier molecular flexibility index (Phi) is 3.25. The summed E-state index contributed by atoms with van der Waals surface area (Å²) in [5, 5.41) is 0. The Morgan fingerprint density at radius 2 is 2.44 bits per heavy atom. The standard InChI is InChI=1S/C6H12O2Si/c1-7-6-4-2-3-5-9-8-6/h6H,2-5H2,1H3. The Bertz CT molecular complexity index is 69.5. The van der Waals surface area contributed by atoms with Crippen LogP contribution in [0.5, 0.6) is 0 Å². The van der Waals surface area contributed by atoms with Crippen molar-refractivity contribution in [3.05, 3.63) is 0 Å². The number of hydrogen-bond acceptors (Lipinski definition) is 2. The van der Waals surface area contributed by atoms with Gasteiger partial charge in [0.25, 0.3) is 0 Å². The van der Waals surface area contributed by atoms with Gasteiger partial charge in [-0.1, -0.05) is 6.42 Å². The van der Waals surface area contributed by atoms with Crippen LogP contribution >= 0.6 is 0 Å². The third-order valence-electron chi connectivity index (χ3n) is 1.45. The molecule has 1 heterocycles. The molecule has 0 saturated carbocycles. The lowest BCUT2D eigenvalue weighted by Gasteiger charge is -2.11. The monoisotopic (exact) mass is 144 g/mol. The van der Waals surface area contributed by atoms with Crippen LogP contribution in [0.1, 0.15) is 19.3 Å². The topological polar surface area (TPSA) is 18.5 Å². The van der Waals surface area contributed by atoms with E-state index >= 15 is 0 Å². The summed E-state index contributed by atoms with van der Waals surface area (Å²) in [5.41, 5.74) is 0. The number of ether oxygens (including phenoxy) is 1. The SMILES string of the molecule is COC1CCCC[Si]O1. The van der Waals surface area contributed by atoms with Crippen molar-refractivity contribution in [3.8, 4) is 0 Å². The molecular weight excluding hydrogens is 132 g/mol. The quantitative estimate of drug-likeness (QED) is 0.515. The van der Waals surface area contributed by atoms with E-state index in [1.54, 1.807) is 7.11 Å². The van der Waals surface area contributed by atoms with Crippen LogP contribution in [0, 0.1) is 0 Å². The van der Waals surface area contributed by atoms with Crippen LogP contribution in [0.15, 0.2) is 0 Å². The average molecular weight is 144 g/mol. The van der Waals surface area contributed by atoms with E-state index in [2.05, 4.69) is 0 Å². The molecule has 1 aliphatic rings. The first-order valence-electron chi connectivity index (χ1n) is 3.35. The minimum Gasteiger partial charge on any atom is -0.393 e. The van der Waals surface area contributed by atoms with Gasteiger partial charge in [0.2, 0.25) is 9.76 Å². The first-order valence-corrected chi connectivity index (χ1v) is 4.46. The highest BCUT2D eigenvalue weighted by Crippen LogP contribution is 2.12. The van der Waals surface area contributed by atoms with Crippen molar-refractivity contribution in [2.75, 3.05) is 7.11 Å². The zero-order valence-electron chi connectivity index (χ0n) is 5.72. The van der Waals surface area contributed by atoms with Gasteiger partial charge in [-0.2, -0.15) is 0 Å². The number of rotatable bonds is 1. The Hall–Kier alpha value is 0.137. The average Bonchev–Trinajstić information content (AvgIpc) is 2.13. The van der Waals surface area contributed by atoms with Crippen LogP contribution in [0.2, 0.25) is 6.04 Å². The van der Waals surface area contributed by atoms with Gasteiger partial charge in [0, 0.05) is 7.11 Å². The van der Waals surface area contributed by atoms with Crippen molar-refractivity contribution in [1.29, 1.82) is 0 Å². The number of methoxy groups -OCH3 is 1. The van der Waals surface area contributed by atoms with E-state index < -0.39 is 0 Å². The maximum atomic E-state index is 5.36. The van der Waals surface area contributed by atoms with E-state index in [9.17, 15) is 0 Å². The Morgan fingerprint density at radius 1 is 1.56 bits per heavy atom. The lowest BCUT2D eigenvalue weighted by atomic mass is 10.2. The van der Waals surface area contributed by atoms with Crippen molar-refractivity contribution in [2.45, 2.75) is 31.6 Å². The van der Waals surface area contributed by atoms with Gasteiger partial charge >= 0.3 is 0 Å². The molecule has 3 heteroatoms. The van der Waals surface area contributed by atoms with Gasteiger partial charge < -0.3 is 9.16 Å². The lowest BCUT2D eigenvalue weighted by Crippen LogP contribution is -2.14. The van der Waals surface area contributed by atoms with Crippen molar-refractivity contribution in [1.82, 2.24) is 0 Å². The van der Waals surface area contributed by atoms with Crippen LogP contribution in [0.4, 0.5) is 0 Å². The molecule has 0 bridgehead atoms. The fourth-order valence-electron chi connectivity index (χ4n) is 0.885. The second kappa shape index (κ2) is 4.03. The predicted octanol–water partition coefficient (Wildman–Crippen LogP) is 1.20. The summed E-state index contributed by atoms with van der Waals surface area (Å²) in [6.45, 7) is 0. The summed E-state index contributed by atoms with van der Waals surface area (Å²) in [7, 11) is 2.37. The first kappa shape index (κ1) is 7.25. The highest BCUT2D eigenvalue weighted by Gasteiger charge is 2.10. The molecule has 1 saturated heterocycles. The van der Waals surface area contributed by atoms with Crippen molar-refractivity contribution in [3.63, 3.8) is 0 Å². The Morgan fingerprint density at radius 3 is 3.22 bits per heavy atom.